The van der Waals surface area contributed by atoms with Crippen molar-refractivity contribution < 1.29 is 80.2 Å². The van der Waals surface area contributed by atoms with E-state index in [9.17, 15) is 43.2 Å². The number of carbonyl (C=O) groups excluding carboxylic acids is 4. The molecule has 0 bridgehead atoms. The predicted molar refractivity (Wildman–Crippen MR) is 358 cm³/mol. The van der Waals surface area contributed by atoms with Gasteiger partial charge in [-0.15, -0.1) is 0 Å². The number of hydrogen-bond acceptors (Lipinski definition) is 15. The van der Waals surface area contributed by atoms with E-state index in [0.717, 1.165) is 102 Å². The molecule has 0 aromatic heterocycles. The Labute approximate surface area is 543 Å². The molecule has 5 atom stereocenters. The molecule has 0 saturated heterocycles. The topological polar surface area (TPSA) is 237 Å². The van der Waals surface area contributed by atoms with Crippen LogP contribution in [-0.2, 0) is 65.4 Å². The van der Waals surface area contributed by atoms with E-state index in [-0.39, 0.29) is 25.7 Å². The van der Waals surface area contributed by atoms with Crippen molar-refractivity contribution in [1.29, 1.82) is 0 Å². The highest BCUT2D eigenvalue weighted by Crippen LogP contribution is 2.45. The Morgan fingerprint density at radius 3 is 0.764 bits per heavy atom. The van der Waals surface area contributed by atoms with E-state index in [1.807, 2.05) is 0 Å². The number of phosphoric acid groups is 2. The summed E-state index contributed by atoms with van der Waals surface area (Å²) in [6, 6.07) is 0. The average molecular weight is 1310 g/mol. The van der Waals surface area contributed by atoms with Crippen molar-refractivity contribution in [2.24, 2.45) is 17.8 Å². The van der Waals surface area contributed by atoms with Crippen LogP contribution in [0.1, 0.15) is 350 Å². The molecule has 0 spiro atoms. The van der Waals surface area contributed by atoms with Gasteiger partial charge < -0.3 is 33.8 Å². The standard InChI is InChI=1S/C70H136O17P2/c1-8-9-10-11-12-13-14-18-22-25-28-37-44-51-67(72)80-57-65(86-69(74)53-46-39-29-26-23-20-17-15-16-19-21-24-27-34-41-48-61(2)3)59-84-88(76,77)82-55-64(71)56-83-89(78,79)85-60-66(87-70(75)54-47-40-33-31-36-43-50-63(6)7)58-81-68(73)52-45-38-32-30-35-42-49-62(4)5/h61-66,71H,8-60H2,1-7H3,(H,76,77)(H,78,79)/t64-,65-,66-/m1/s1. The number of ether oxygens (including phenoxy) is 4. The van der Waals surface area contributed by atoms with E-state index in [4.69, 9.17) is 37.0 Å². The molecule has 0 radical (unpaired) electrons. The van der Waals surface area contributed by atoms with Crippen LogP contribution in [0.5, 0.6) is 0 Å². The number of aliphatic hydroxyl groups is 1. The molecular formula is C70H136O17P2. The molecule has 0 saturated carbocycles. The maximum atomic E-state index is 13.0. The molecule has 0 rings (SSSR count). The molecule has 89 heavy (non-hydrogen) atoms. The minimum atomic E-state index is -4.95. The first kappa shape index (κ1) is 87.1. The highest BCUT2D eigenvalue weighted by atomic mass is 31.2. The zero-order valence-electron chi connectivity index (χ0n) is 57.9. The fourth-order valence-electron chi connectivity index (χ4n) is 10.5. The fourth-order valence-corrected chi connectivity index (χ4v) is 12.1. The Kier molecular flexibility index (Phi) is 59.6. The molecule has 0 amide bonds. The summed E-state index contributed by atoms with van der Waals surface area (Å²) in [5.74, 6) is 0.0196. The first-order valence-electron chi connectivity index (χ1n) is 36.3. The minimum Gasteiger partial charge on any atom is -0.462 e. The van der Waals surface area contributed by atoms with E-state index < -0.39 is 97.5 Å². The quantitative estimate of drug-likeness (QED) is 0.0222. The van der Waals surface area contributed by atoms with Gasteiger partial charge in [-0.1, -0.05) is 299 Å². The Morgan fingerprint density at radius 2 is 0.517 bits per heavy atom. The third-order valence-electron chi connectivity index (χ3n) is 16.1. The molecule has 2 unspecified atom stereocenters. The molecule has 19 heteroatoms. The smallest absolute Gasteiger partial charge is 0.462 e. The van der Waals surface area contributed by atoms with Gasteiger partial charge in [0.2, 0.25) is 0 Å². The summed E-state index contributed by atoms with van der Waals surface area (Å²) in [4.78, 5) is 72.4. The Bertz CT molecular complexity index is 1750. The van der Waals surface area contributed by atoms with Gasteiger partial charge in [-0.05, 0) is 43.4 Å². The largest absolute Gasteiger partial charge is 0.472 e. The lowest BCUT2D eigenvalue weighted by atomic mass is 10.0. The summed E-state index contributed by atoms with van der Waals surface area (Å²) in [5, 5.41) is 10.6. The molecule has 0 fully saturated rings. The van der Waals surface area contributed by atoms with E-state index in [2.05, 4.69) is 48.5 Å². The number of esters is 4. The molecule has 3 N–H and O–H groups in total. The monoisotopic (exact) mass is 1310 g/mol. The molecule has 0 aromatic rings. The molecule has 17 nitrogen and oxygen atoms in total. The average Bonchev–Trinajstić information content (AvgIpc) is 3.70. The van der Waals surface area contributed by atoms with Gasteiger partial charge >= 0.3 is 39.5 Å². The first-order chi connectivity index (χ1) is 42.7. The molecule has 528 valence electrons. The predicted octanol–water partition coefficient (Wildman–Crippen LogP) is 19.8. The maximum Gasteiger partial charge on any atom is 0.472 e. The number of aliphatic hydroxyl groups excluding tert-OH is 1. The second kappa shape index (κ2) is 61.0. The van der Waals surface area contributed by atoms with Gasteiger partial charge in [0.1, 0.15) is 19.3 Å². The second-order valence-electron chi connectivity index (χ2n) is 26.7. The summed E-state index contributed by atoms with van der Waals surface area (Å²) in [5.41, 5.74) is 0. The number of unbranched alkanes of at least 4 members (excludes halogenated alkanes) is 36. The zero-order chi connectivity index (χ0) is 65.9. The summed E-state index contributed by atoms with van der Waals surface area (Å²) >= 11 is 0. The SMILES string of the molecule is CCCCCCCCCCCCCCCC(=O)OC[C@H](COP(=O)(O)OC[C@@H](O)COP(=O)(O)OC[C@@H](COC(=O)CCCCCCCCC(C)C)OC(=O)CCCCCCCCC(C)C)OC(=O)CCCCCCCCCCCCCCCCCC(C)C. The Hall–Kier alpha value is -1.94. The third-order valence-corrected chi connectivity index (χ3v) is 18.0. The van der Waals surface area contributed by atoms with Gasteiger partial charge in [-0.3, -0.25) is 37.3 Å². The van der Waals surface area contributed by atoms with Crippen molar-refractivity contribution in [2.75, 3.05) is 39.6 Å². The normalized spacial score (nSPS) is 14.2. The van der Waals surface area contributed by atoms with Crippen LogP contribution >= 0.6 is 15.6 Å². The van der Waals surface area contributed by atoms with Gasteiger partial charge in [0.25, 0.3) is 0 Å². The summed E-state index contributed by atoms with van der Waals surface area (Å²) in [6.45, 7) is 11.7. The highest BCUT2D eigenvalue weighted by molar-refractivity contribution is 7.47. The molecule has 0 heterocycles. The molecular weight excluding hydrogens is 1170 g/mol. The molecule has 0 aliphatic heterocycles. The van der Waals surface area contributed by atoms with Crippen molar-refractivity contribution in [3.63, 3.8) is 0 Å². The van der Waals surface area contributed by atoms with Crippen LogP contribution in [0.4, 0.5) is 0 Å². The van der Waals surface area contributed by atoms with Gasteiger partial charge in [0.15, 0.2) is 12.2 Å². The van der Waals surface area contributed by atoms with Crippen LogP contribution in [0, 0.1) is 17.8 Å². The summed E-state index contributed by atoms with van der Waals surface area (Å²) < 4.78 is 68.2. The lowest BCUT2D eigenvalue weighted by Crippen LogP contribution is -2.30. The van der Waals surface area contributed by atoms with Gasteiger partial charge in [-0.2, -0.15) is 0 Å². The van der Waals surface area contributed by atoms with Crippen molar-refractivity contribution >= 4 is 39.5 Å². The van der Waals surface area contributed by atoms with E-state index in [0.29, 0.717) is 37.5 Å². The van der Waals surface area contributed by atoms with Crippen LogP contribution in [0.15, 0.2) is 0 Å². The number of hydrogen-bond donors (Lipinski definition) is 3. The highest BCUT2D eigenvalue weighted by Gasteiger charge is 2.30. The lowest BCUT2D eigenvalue weighted by Gasteiger charge is -2.21. The second-order valence-corrected chi connectivity index (χ2v) is 29.6. The van der Waals surface area contributed by atoms with Gasteiger partial charge in [0.05, 0.1) is 26.4 Å². The van der Waals surface area contributed by atoms with Crippen molar-refractivity contribution in [3.8, 4) is 0 Å². The maximum absolute atomic E-state index is 13.0. The zero-order valence-corrected chi connectivity index (χ0v) is 59.7. The Morgan fingerprint density at radius 1 is 0.303 bits per heavy atom. The Balaban J connectivity index is 5.21. The van der Waals surface area contributed by atoms with Crippen LogP contribution in [0.25, 0.3) is 0 Å². The molecule has 0 aliphatic rings. The van der Waals surface area contributed by atoms with Gasteiger partial charge in [-0.25, -0.2) is 9.13 Å². The van der Waals surface area contributed by atoms with E-state index in [1.165, 1.54) is 154 Å². The fraction of sp³-hybridized carbons (Fsp3) is 0.943. The van der Waals surface area contributed by atoms with Crippen molar-refractivity contribution in [3.05, 3.63) is 0 Å². The number of rotatable bonds is 68. The van der Waals surface area contributed by atoms with Crippen LogP contribution in [-0.4, -0.2) is 96.7 Å². The molecule has 0 aliphatic carbocycles. The molecule has 0 aromatic carbocycles. The van der Waals surface area contributed by atoms with Crippen molar-refractivity contribution in [2.45, 2.75) is 369 Å². The van der Waals surface area contributed by atoms with E-state index >= 15 is 0 Å². The van der Waals surface area contributed by atoms with E-state index in [1.54, 1.807) is 0 Å². The number of phosphoric ester groups is 2. The summed E-state index contributed by atoms with van der Waals surface area (Å²) in [7, 11) is -9.90. The first-order valence-corrected chi connectivity index (χ1v) is 39.3. The number of carbonyl (C=O) groups is 4. The minimum absolute atomic E-state index is 0.101. The van der Waals surface area contributed by atoms with Gasteiger partial charge in [0, 0.05) is 25.7 Å². The van der Waals surface area contributed by atoms with Crippen LogP contribution in [0.3, 0.4) is 0 Å². The van der Waals surface area contributed by atoms with Crippen molar-refractivity contribution in [1.82, 2.24) is 0 Å². The van der Waals surface area contributed by atoms with Crippen LogP contribution < -0.4 is 0 Å². The van der Waals surface area contributed by atoms with Crippen LogP contribution in [0.2, 0.25) is 0 Å². The summed E-state index contributed by atoms with van der Waals surface area (Å²) in [6.07, 6.45) is 44.8. The lowest BCUT2D eigenvalue weighted by molar-refractivity contribution is -0.161. The third kappa shape index (κ3) is 64.6.